The molecule has 0 aliphatic rings. The van der Waals surface area contributed by atoms with Gasteiger partial charge in [0.1, 0.15) is 0 Å². The van der Waals surface area contributed by atoms with E-state index in [0.29, 0.717) is 18.7 Å². The van der Waals surface area contributed by atoms with Gasteiger partial charge in [-0.1, -0.05) is 0 Å². The molecule has 0 saturated carbocycles. The Hall–Kier alpha value is -0.420. The van der Waals surface area contributed by atoms with Gasteiger partial charge in [0.15, 0.2) is 0 Å². The first-order valence-corrected chi connectivity index (χ1v) is 6.58. The van der Waals surface area contributed by atoms with Crippen LogP contribution in [-0.4, -0.2) is 34.7 Å². The van der Waals surface area contributed by atoms with E-state index in [1.807, 2.05) is 6.92 Å². The number of amides is 1. The maximum absolute atomic E-state index is 11.3. The topological polar surface area (TPSA) is 72.2 Å². The van der Waals surface area contributed by atoms with Crippen molar-refractivity contribution in [2.45, 2.75) is 32.2 Å². The van der Waals surface area contributed by atoms with Crippen molar-refractivity contribution in [2.24, 2.45) is 5.73 Å². The smallest absolute Gasteiger partial charge is 0.220 e. The molecule has 84 valence electrons. The average molecular weight is 220 g/mol. The summed E-state index contributed by atoms with van der Waals surface area (Å²) in [5.41, 5.74) is 5.31. The van der Waals surface area contributed by atoms with Gasteiger partial charge in [0, 0.05) is 35.3 Å². The molecule has 2 unspecified atom stereocenters. The van der Waals surface area contributed by atoms with Gasteiger partial charge in [-0.15, -0.1) is 0 Å². The summed E-state index contributed by atoms with van der Waals surface area (Å²) in [5, 5.41) is 2.80. The second kappa shape index (κ2) is 7.94. The summed E-state index contributed by atoms with van der Waals surface area (Å²) in [6.45, 7) is 2.49. The van der Waals surface area contributed by atoms with Gasteiger partial charge in [-0.2, -0.15) is 0 Å². The molecule has 0 aliphatic carbocycles. The molecule has 2 atom stereocenters. The third-order valence-corrected chi connectivity index (χ3v) is 2.72. The highest BCUT2D eigenvalue weighted by molar-refractivity contribution is 7.84. The third kappa shape index (κ3) is 8.19. The number of unbranched alkanes of at least 4 members (excludes halogenated alkanes) is 1. The number of carbonyl (C=O) groups is 1. The van der Waals surface area contributed by atoms with E-state index in [4.69, 9.17) is 5.73 Å². The van der Waals surface area contributed by atoms with Crippen LogP contribution in [0, 0.1) is 0 Å². The number of carbonyl (C=O) groups excluding carboxylic acids is 1. The van der Waals surface area contributed by atoms with Crippen LogP contribution in [0.25, 0.3) is 0 Å². The summed E-state index contributed by atoms with van der Waals surface area (Å²) in [7, 11) is -0.854. The summed E-state index contributed by atoms with van der Waals surface area (Å²) < 4.78 is 10.8. The summed E-state index contributed by atoms with van der Waals surface area (Å²) in [4.78, 5) is 11.3. The summed E-state index contributed by atoms with van der Waals surface area (Å²) >= 11 is 0. The van der Waals surface area contributed by atoms with E-state index >= 15 is 0 Å². The molecule has 0 rings (SSSR count). The van der Waals surface area contributed by atoms with Crippen LogP contribution < -0.4 is 11.1 Å². The van der Waals surface area contributed by atoms with Gasteiger partial charge in [-0.25, -0.2) is 0 Å². The van der Waals surface area contributed by atoms with Crippen molar-refractivity contribution in [3.8, 4) is 0 Å². The highest BCUT2D eigenvalue weighted by Gasteiger charge is 2.07. The standard InChI is InChI=1S/C9H20N2O2S/c1-8(7-14(2)13)11-9(12)5-3-4-6-10/h8H,3-7,10H2,1-2H3,(H,11,12). The van der Waals surface area contributed by atoms with E-state index in [1.54, 1.807) is 6.26 Å². The predicted molar refractivity (Wildman–Crippen MR) is 59.4 cm³/mol. The van der Waals surface area contributed by atoms with Crippen molar-refractivity contribution in [1.82, 2.24) is 5.32 Å². The van der Waals surface area contributed by atoms with Gasteiger partial charge < -0.3 is 11.1 Å². The van der Waals surface area contributed by atoms with Crippen LogP contribution in [0.5, 0.6) is 0 Å². The van der Waals surface area contributed by atoms with Crippen LogP contribution in [0.1, 0.15) is 26.2 Å². The largest absolute Gasteiger partial charge is 0.353 e. The molecule has 0 radical (unpaired) electrons. The first-order valence-electron chi connectivity index (χ1n) is 4.85. The molecule has 0 spiro atoms. The third-order valence-electron chi connectivity index (χ3n) is 1.75. The molecule has 3 N–H and O–H groups in total. The van der Waals surface area contributed by atoms with Gasteiger partial charge in [0.05, 0.1) is 0 Å². The zero-order chi connectivity index (χ0) is 11.0. The van der Waals surface area contributed by atoms with Crippen molar-refractivity contribution in [1.29, 1.82) is 0 Å². The quantitative estimate of drug-likeness (QED) is 0.593. The van der Waals surface area contributed by atoms with Gasteiger partial charge in [-0.05, 0) is 26.3 Å². The van der Waals surface area contributed by atoms with Crippen molar-refractivity contribution in [3.05, 3.63) is 0 Å². The number of hydrogen-bond donors (Lipinski definition) is 2. The van der Waals surface area contributed by atoms with Crippen LogP contribution in [0.4, 0.5) is 0 Å². The Kier molecular flexibility index (Phi) is 7.70. The number of rotatable bonds is 7. The van der Waals surface area contributed by atoms with Gasteiger partial charge in [0.2, 0.25) is 5.91 Å². The molecule has 0 aromatic carbocycles. The lowest BCUT2D eigenvalue weighted by molar-refractivity contribution is -0.121. The van der Waals surface area contributed by atoms with Crippen molar-refractivity contribution < 1.29 is 9.00 Å². The lowest BCUT2D eigenvalue weighted by atomic mass is 10.2. The first kappa shape index (κ1) is 13.6. The molecule has 0 aliphatic heterocycles. The van der Waals surface area contributed by atoms with Crippen LogP contribution in [0.15, 0.2) is 0 Å². The van der Waals surface area contributed by atoms with Crippen LogP contribution in [0.3, 0.4) is 0 Å². The second-order valence-electron chi connectivity index (χ2n) is 3.45. The average Bonchev–Trinajstić information content (AvgIpc) is 2.02. The van der Waals surface area contributed by atoms with Crippen molar-refractivity contribution in [2.75, 3.05) is 18.6 Å². The van der Waals surface area contributed by atoms with Gasteiger partial charge in [-0.3, -0.25) is 9.00 Å². The summed E-state index contributed by atoms with van der Waals surface area (Å²) in [6.07, 6.45) is 3.85. The molecule has 0 heterocycles. The van der Waals surface area contributed by atoms with E-state index in [9.17, 15) is 9.00 Å². The van der Waals surface area contributed by atoms with E-state index in [1.165, 1.54) is 0 Å². The molecule has 0 bridgehead atoms. The van der Waals surface area contributed by atoms with Crippen molar-refractivity contribution in [3.63, 3.8) is 0 Å². The molecular weight excluding hydrogens is 200 g/mol. The highest BCUT2D eigenvalue weighted by atomic mass is 32.2. The maximum Gasteiger partial charge on any atom is 0.220 e. The first-order chi connectivity index (χ1) is 6.56. The molecule has 14 heavy (non-hydrogen) atoms. The minimum Gasteiger partial charge on any atom is -0.353 e. The van der Waals surface area contributed by atoms with E-state index in [0.717, 1.165) is 12.8 Å². The Morgan fingerprint density at radius 1 is 1.50 bits per heavy atom. The van der Waals surface area contributed by atoms with Crippen molar-refractivity contribution >= 4 is 16.7 Å². The molecule has 0 saturated heterocycles. The molecular formula is C9H20N2O2S. The Labute approximate surface area is 88.1 Å². The SMILES string of the molecule is CC(CS(C)=O)NC(=O)CCCCN. The zero-order valence-corrected chi connectivity index (χ0v) is 9.73. The Balaban J connectivity index is 3.55. The van der Waals surface area contributed by atoms with Crippen LogP contribution in [0.2, 0.25) is 0 Å². The second-order valence-corrected chi connectivity index (χ2v) is 4.93. The van der Waals surface area contributed by atoms with E-state index < -0.39 is 10.8 Å². The minimum atomic E-state index is -0.854. The fourth-order valence-corrected chi connectivity index (χ4v) is 1.96. The molecule has 1 amide bonds. The fourth-order valence-electron chi connectivity index (χ4n) is 1.17. The lowest BCUT2D eigenvalue weighted by Gasteiger charge is -2.11. The summed E-state index contributed by atoms with van der Waals surface area (Å²) in [6, 6.07) is -0.00814. The van der Waals surface area contributed by atoms with Gasteiger partial charge in [0.25, 0.3) is 0 Å². The lowest BCUT2D eigenvalue weighted by Crippen LogP contribution is -2.36. The maximum atomic E-state index is 11.3. The Morgan fingerprint density at radius 3 is 2.64 bits per heavy atom. The molecule has 0 fully saturated rings. The summed E-state index contributed by atoms with van der Waals surface area (Å²) in [5.74, 6) is 0.541. The highest BCUT2D eigenvalue weighted by Crippen LogP contribution is 1.94. The predicted octanol–water partition coefficient (Wildman–Crippen LogP) is -0.00140. The van der Waals surface area contributed by atoms with Gasteiger partial charge >= 0.3 is 0 Å². The van der Waals surface area contributed by atoms with Crippen LogP contribution in [-0.2, 0) is 15.6 Å². The molecule has 4 nitrogen and oxygen atoms in total. The van der Waals surface area contributed by atoms with E-state index in [2.05, 4.69) is 5.32 Å². The zero-order valence-electron chi connectivity index (χ0n) is 8.91. The monoisotopic (exact) mass is 220 g/mol. The molecule has 0 aromatic rings. The number of nitrogens with two attached hydrogens (primary N) is 1. The fraction of sp³-hybridized carbons (Fsp3) is 0.889. The van der Waals surface area contributed by atoms with E-state index in [-0.39, 0.29) is 11.9 Å². The number of nitrogens with one attached hydrogen (secondary N) is 1. The normalized spacial score (nSPS) is 14.8. The Morgan fingerprint density at radius 2 is 2.14 bits per heavy atom. The minimum absolute atomic E-state index is 0.00814. The van der Waals surface area contributed by atoms with Crippen LogP contribution >= 0.6 is 0 Å². The Bertz CT molecular complexity index is 197. The number of hydrogen-bond acceptors (Lipinski definition) is 3. The molecule has 0 aromatic heterocycles. The molecule has 5 heteroatoms.